The van der Waals surface area contributed by atoms with E-state index >= 15 is 0 Å². The zero-order valence-electron chi connectivity index (χ0n) is 15.8. The van der Waals surface area contributed by atoms with E-state index in [1.807, 2.05) is 50.6 Å². The fourth-order valence-electron chi connectivity index (χ4n) is 2.43. The minimum atomic E-state index is 0.0137. The van der Waals surface area contributed by atoms with Crippen LogP contribution in [0, 0.1) is 6.92 Å². The maximum Gasteiger partial charge on any atom is 0.273 e. The summed E-state index contributed by atoms with van der Waals surface area (Å²) in [6, 6.07) is 8.14. The van der Waals surface area contributed by atoms with E-state index in [9.17, 15) is 4.79 Å². The Morgan fingerprint density at radius 3 is 2.16 bits per heavy atom. The zero-order valence-corrected chi connectivity index (χ0v) is 16.6. The number of hydrogen-bond acceptors (Lipinski definition) is 5. The monoisotopic (exact) mass is 360 g/mol. The van der Waals surface area contributed by atoms with E-state index in [-0.39, 0.29) is 5.91 Å². The maximum atomic E-state index is 12.9. The molecule has 1 amide bonds. The first-order valence-corrected chi connectivity index (χ1v) is 9.36. The van der Waals surface area contributed by atoms with Crippen LogP contribution >= 0.6 is 11.3 Å². The highest BCUT2D eigenvalue weighted by molar-refractivity contribution is 7.13. The smallest absolute Gasteiger partial charge is 0.273 e. The third-order valence-corrected chi connectivity index (χ3v) is 4.90. The van der Waals surface area contributed by atoms with Gasteiger partial charge in [0.15, 0.2) is 0 Å². The molecule has 0 saturated carbocycles. The maximum absolute atomic E-state index is 12.9. The summed E-state index contributed by atoms with van der Waals surface area (Å²) in [5.74, 6) is 0.0137. The molecule has 0 spiro atoms. The Kier molecular flexibility index (Phi) is 7.11. The second kappa shape index (κ2) is 9.08. The topological polar surface area (TPSA) is 39.7 Å². The van der Waals surface area contributed by atoms with Crippen molar-refractivity contribution in [2.24, 2.45) is 0 Å². The molecule has 0 aliphatic rings. The van der Waals surface area contributed by atoms with Gasteiger partial charge in [-0.25, -0.2) is 4.98 Å². The van der Waals surface area contributed by atoms with Gasteiger partial charge in [-0.1, -0.05) is 24.3 Å². The number of rotatable bonds is 8. The van der Waals surface area contributed by atoms with Gasteiger partial charge in [-0.05, 0) is 40.7 Å². The molecule has 0 aliphatic heterocycles. The van der Waals surface area contributed by atoms with Crippen LogP contribution in [-0.2, 0) is 0 Å². The molecule has 0 bridgehead atoms. The average molecular weight is 361 g/mol. The van der Waals surface area contributed by atoms with Crippen molar-refractivity contribution < 1.29 is 4.79 Å². The molecule has 0 aliphatic carbocycles. The number of thiazole rings is 1. The standard InChI is InChI=1S/C19H28N4OS/c1-15-8-6-7-9-16(15)18-20-17(14-25-18)19(24)23(12-10-21(2)3)13-11-22(4)5/h6-9,14H,10-13H2,1-5H3. The highest BCUT2D eigenvalue weighted by atomic mass is 32.1. The van der Waals surface area contributed by atoms with E-state index in [1.165, 1.54) is 16.9 Å². The Balaban J connectivity index is 2.16. The molecule has 0 saturated heterocycles. The van der Waals surface area contributed by atoms with E-state index in [0.717, 1.165) is 23.7 Å². The molecule has 2 rings (SSSR count). The van der Waals surface area contributed by atoms with Crippen LogP contribution in [0.4, 0.5) is 0 Å². The minimum absolute atomic E-state index is 0.0137. The van der Waals surface area contributed by atoms with Crippen LogP contribution in [0.15, 0.2) is 29.6 Å². The van der Waals surface area contributed by atoms with Crippen molar-refractivity contribution in [3.63, 3.8) is 0 Å². The van der Waals surface area contributed by atoms with Crippen LogP contribution in [0.5, 0.6) is 0 Å². The van der Waals surface area contributed by atoms with Gasteiger partial charge in [-0.3, -0.25) is 4.79 Å². The molecule has 0 unspecified atom stereocenters. The molecule has 1 heterocycles. The van der Waals surface area contributed by atoms with E-state index in [1.54, 1.807) is 0 Å². The number of likely N-dealkylation sites (N-methyl/N-ethyl adjacent to an activating group) is 2. The molecule has 0 N–H and O–H groups in total. The Bertz CT molecular complexity index is 684. The van der Waals surface area contributed by atoms with E-state index in [4.69, 9.17) is 0 Å². The van der Waals surface area contributed by atoms with Crippen molar-refractivity contribution >= 4 is 17.2 Å². The van der Waals surface area contributed by atoms with Crippen molar-refractivity contribution in [1.29, 1.82) is 0 Å². The van der Waals surface area contributed by atoms with E-state index < -0.39 is 0 Å². The van der Waals surface area contributed by atoms with Crippen molar-refractivity contribution in [2.75, 3.05) is 54.4 Å². The second-order valence-electron chi connectivity index (χ2n) is 6.75. The highest BCUT2D eigenvalue weighted by Crippen LogP contribution is 2.27. The number of aryl methyl sites for hydroxylation is 1. The molecule has 2 aromatic rings. The molecule has 0 radical (unpaired) electrons. The molecule has 1 aromatic carbocycles. The lowest BCUT2D eigenvalue weighted by Gasteiger charge is -2.25. The number of carbonyl (C=O) groups is 1. The second-order valence-corrected chi connectivity index (χ2v) is 7.61. The van der Waals surface area contributed by atoms with Gasteiger partial charge in [0.05, 0.1) is 0 Å². The normalized spacial score (nSPS) is 11.3. The summed E-state index contributed by atoms with van der Waals surface area (Å²) >= 11 is 1.53. The molecule has 0 atom stereocenters. The van der Waals surface area contributed by atoms with Gasteiger partial charge < -0.3 is 14.7 Å². The molecule has 136 valence electrons. The first-order valence-electron chi connectivity index (χ1n) is 8.48. The molecule has 1 aromatic heterocycles. The highest BCUT2D eigenvalue weighted by Gasteiger charge is 2.19. The lowest BCUT2D eigenvalue weighted by molar-refractivity contribution is 0.0729. The minimum Gasteiger partial charge on any atom is -0.335 e. The molecular weight excluding hydrogens is 332 g/mol. The Morgan fingerprint density at radius 2 is 1.60 bits per heavy atom. The summed E-state index contributed by atoms with van der Waals surface area (Å²) in [4.78, 5) is 23.6. The Hall–Kier alpha value is -1.76. The third-order valence-electron chi connectivity index (χ3n) is 4.02. The fourth-order valence-corrected chi connectivity index (χ4v) is 3.31. The average Bonchev–Trinajstić information content (AvgIpc) is 3.04. The van der Waals surface area contributed by atoms with Crippen molar-refractivity contribution in [3.05, 3.63) is 40.9 Å². The van der Waals surface area contributed by atoms with Gasteiger partial charge in [0.1, 0.15) is 10.7 Å². The van der Waals surface area contributed by atoms with Crippen LogP contribution in [0.25, 0.3) is 10.6 Å². The molecular formula is C19H28N4OS. The summed E-state index contributed by atoms with van der Waals surface area (Å²) in [6.45, 7) is 5.16. The van der Waals surface area contributed by atoms with E-state index in [0.29, 0.717) is 18.8 Å². The number of nitrogens with zero attached hydrogens (tertiary/aromatic N) is 4. The molecule has 0 fully saturated rings. The number of carbonyl (C=O) groups excluding carboxylic acids is 1. The van der Waals surface area contributed by atoms with Crippen LogP contribution in [-0.4, -0.2) is 80.0 Å². The summed E-state index contributed by atoms with van der Waals surface area (Å²) in [5, 5.41) is 2.78. The predicted octanol–water partition coefficient (Wildman–Crippen LogP) is 2.68. The van der Waals surface area contributed by atoms with Gasteiger partial charge in [0, 0.05) is 37.1 Å². The third kappa shape index (κ3) is 5.63. The van der Waals surface area contributed by atoms with Crippen LogP contribution in [0.2, 0.25) is 0 Å². The van der Waals surface area contributed by atoms with Gasteiger partial charge >= 0.3 is 0 Å². The van der Waals surface area contributed by atoms with Crippen LogP contribution in [0.1, 0.15) is 16.1 Å². The summed E-state index contributed by atoms with van der Waals surface area (Å²) < 4.78 is 0. The first kappa shape index (κ1) is 19.6. The fraction of sp³-hybridized carbons (Fsp3) is 0.474. The van der Waals surface area contributed by atoms with Crippen LogP contribution in [0.3, 0.4) is 0 Å². The zero-order chi connectivity index (χ0) is 18.4. The van der Waals surface area contributed by atoms with Gasteiger partial charge in [-0.15, -0.1) is 11.3 Å². The number of amides is 1. The number of benzene rings is 1. The number of hydrogen-bond donors (Lipinski definition) is 0. The quantitative estimate of drug-likeness (QED) is 0.726. The van der Waals surface area contributed by atoms with Gasteiger partial charge in [0.2, 0.25) is 0 Å². The van der Waals surface area contributed by atoms with Crippen molar-refractivity contribution in [2.45, 2.75) is 6.92 Å². The van der Waals surface area contributed by atoms with Crippen molar-refractivity contribution in [1.82, 2.24) is 19.7 Å². The lowest BCUT2D eigenvalue weighted by atomic mass is 10.1. The SMILES string of the molecule is Cc1ccccc1-c1nc(C(=O)N(CCN(C)C)CCN(C)C)cs1. The molecule has 25 heavy (non-hydrogen) atoms. The summed E-state index contributed by atoms with van der Waals surface area (Å²) in [5.41, 5.74) is 2.81. The number of aromatic nitrogens is 1. The largest absolute Gasteiger partial charge is 0.335 e. The Morgan fingerprint density at radius 1 is 1.00 bits per heavy atom. The molecule has 5 nitrogen and oxygen atoms in total. The van der Waals surface area contributed by atoms with Crippen molar-refractivity contribution in [3.8, 4) is 10.6 Å². The summed E-state index contributed by atoms with van der Waals surface area (Å²) in [7, 11) is 8.09. The van der Waals surface area contributed by atoms with Crippen LogP contribution < -0.4 is 0 Å². The predicted molar refractivity (Wildman–Crippen MR) is 105 cm³/mol. The van der Waals surface area contributed by atoms with Gasteiger partial charge in [0.25, 0.3) is 5.91 Å². The van der Waals surface area contributed by atoms with E-state index in [2.05, 4.69) is 33.8 Å². The molecule has 6 heteroatoms. The Labute approximate surface area is 154 Å². The first-order chi connectivity index (χ1) is 11.9. The summed E-state index contributed by atoms with van der Waals surface area (Å²) in [6.07, 6.45) is 0. The van der Waals surface area contributed by atoms with Gasteiger partial charge in [-0.2, -0.15) is 0 Å². The lowest BCUT2D eigenvalue weighted by Crippen LogP contribution is -2.40.